The molecule has 4 nitrogen and oxygen atoms in total. The van der Waals surface area contributed by atoms with E-state index < -0.39 is 0 Å². The Morgan fingerprint density at radius 2 is 1.38 bits per heavy atom. The fourth-order valence-corrected chi connectivity index (χ4v) is 3.37. The fraction of sp³-hybridized carbons (Fsp3) is 0.318. The Kier molecular flexibility index (Phi) is 6.08. The van der Waals surface area contributed by atoms with Crippen LogP contribution in [0.1, 0.15) is 31.0 Å². The number of piperazine rings is 1. The minimum atomic E-state index is -0.0122. The van der Waals surface area contributed by atoms with Crippen molar-refractivity contribution in [1.29, 1.82) is 0 Å². The van der Waals surface area contributed by atoms with Crippen LogP contribution in [0.5, 0.6) is 0 Å². The Labute approximate surface area is 156 Å². The van der Waals surface area contributed by atoms with Gasteiger partial charge in [0.1, 0.15) is 0 Å². The van der Waals surface area contributed by atoms with Crippen molar-refractivity contribution in [1.82, 2.24) is 15.1 Å². The minimum Gasteiger partial charge on any atom is -0.322 e. The third-order valence-electron chi connectivity index (χ3n) is 4.68. The molecule has 1 aliphatic rings. The van der Waals surface area contributed by atoms with E-state index in [0.29, 0.717) is 0 Å². The number of benzene rings is 2. The highest BCUT2D eigenvalue weighted by molar-refractivity contribution is 5.75. The van der Waals surface area contributed by atoms with Crippen LogP contribution >= 0.6 is 0 Å². The molecule has 1 N–H and O–H groups in total. The van der Waals surface area contributed by atoms with Gasteiger partial charge in [0.05, 0.1) is 6.04 Å². The third-order valence-corrected chi connectivity index (χ3v) is 4.68. The van der Waals surface area contributed by atoms with E-state index in [-0.39, 0.29) is 12.1 Å². The van der Waals surface area contributed by atoms with Crippen molar-refractivity contribution < 1.29 is 4.79 Å². The molecule has 1 aliphatic heterocycles. The first-order valence-corrected chi connectivity index (χ1v) is 9.18. The van der Waals surface area contributed by atoms with Gasteiger partial charge in [-0.1, -0.05) is 66.2 Å². The molecule has 0 radical (unpaired) electrons. The number of carbonyl (C=O) groups excluding carboxylic acids is 1. The molecule has 0 spiro atoms. The number of hydrogen-bond acceptors (Lipinski definition) is 2. The van der Waals surface area contributed by atoms with Gasteiger partial charge < -0.3 is 10.2 Å². The van der Waals surface area contributed by atoms with Gasteiger partial charge in [0.15, 0.2) is 0 Å². The molecule has 2 aromatic rings. The molecule has 0 unspecified atom stereocenters. The van der Waals surface area contributed by atoms with Crippen LogP contribution in [0.3, 0.4) is 0 Å². The lowest BCUT2D eigenvalue weighted by Gasteiger charge is -2.39. The van der Waals surface area contributed by atoms with E-state index in [4.69, 9.17) is 0 Å². The van der Waals surface area contributed by atoms with E-state index in [1.165, 1.54) is 11.1 Å². The predicted molar refractivity (Wildman–Crippen MR) is 106 cm³/mol. The number of urea groups is 1. The smallest absolute Gasteiger partial charge is 0.321 e. The zero-order chi connectivity index (χ0) is 18.4. The van der Waals surface area contributed by atoms with Crippen molar-refractivity contribution in [3.05, 3.63) is 83.6 Å². The van der Waals surface area contributed by atoms with Crippen molar-refractivity contribution in [3.63, 3.8) is 0 Å². The van der Waals surface area contributed by atoms with Gasteiger partial charge in [-0.05, 0) is 25.0 Å². The molecule has 4 heteroatoms. The molecule has 0 aromatic heterocycles. The Bertz CT molecular complexity index is 691. The van der Waals surface area contributed by atoms with Crippen molar-refractivity contribution >= 4 is 6.03 Å². The zero-order valence-corrected chi connectivity index (χ0v) is 15.6. The van der Waals surface area contributed by atoms with E-state index >= 15 is 0 Å². The summed E-state index contributed by atoms with van der Waals surface area (Å²) in [7, 11) is 0. The summed E-state index contributed by atoms with van der Waals surface area (Å²) in [5.41, 5.74) is 3.67. The Morgan fingerprint density at radius 1 is 0.885 bits per heavy atom. The van der Waals surface area contributed by atoms with Crippen molar-refractivity contribution in [3.8, 4) is 0 Å². The predicted octanol–water partition coefficient (Wildman–Crippen LogP) is 4.03. The van der Waals surface area contributed by atoms with E-state index in [0.717, 1.165) is 31.8 Å². The number of rotatable bonds is 4. The van der Waals surface area contributed by atoms with Gasteiger partial charge in [-0.3, -0.25) is 4.90 Å². The van der Waals surface area contributed by atoms with Crippen LogP contribution in [-0.2, 0) is 0 Å². The van der Waals surface area contributed by atoms with Gasteiger partial charge in [0, 0.05) is 32.4 Å². The molecule has 2 aromatic carbocycles. The summed E-state index contributed by atoms with van der Waals surface area (Å²) >= 11 is 0. The van der Waals surface area contributed by atoms with Crippen LogP contribution < -0.4 is 5.32 Å². The number of amides is 2. The Balaban J connectivity index is 1.72. The quantitative estimate of drug-likeness (QED) is 0.905. The number of hydrogen-bond donors (Lipinski definition) is 1. The molecule has 136 valence electrons. The second kappa shape index (κ2) is 8.68. The molecular formula is C22H27N3O. The average Bonchev–Trinajstić information content (AvgIpc) is 2.68. The Morgan fingerprint density at radius 3 is 1.85 bits per heavy atom. The van der Waals surface area contributed by atoms with Crippen LogP contribution in [0.25, 0.3) is 0 Å². The molecule has 2 amide bonds. The van der Waals surface area contributed by atoms with Gasteiger partial charge in [-0.2, -0.15) is 0 Å². The maximum atomic E-state index is 12.3. The minimum absolute atomic E-state index is 0.0122. The van der Waals surface area contributed by atoms with Gasteiger partial charge in [0.25, 0.3) is 0 Å². The maximum Gasteiger partial charge on any atom is 0.321 e. The number of carbonyl (C=O) groups is 1. The zero-order valence-electron chi connectivity index (χ0n) is 15.6. The molecular weight excluding hydrogens is 322 g/mol. The normalized spacial score (nSPS) is 15.0. The van der Waals surface area contributed by atoms with Crippen LogP contribution in [0, 0.1) is 0 Å². The van der Waals surface area contributed by atoms with Crippen molar-refractivity contribution in [2.45, 2.75) is 19.9 Å². The number of nitrogens with zero attached hydrogens (tertiary/aromatic N) is 2. The first-order valence-electron chi connectivity index (χ1n) is 9.18. The molecule has 0 aliphatic carbocycles. The average molecular weight is 349 g/mol. The third kappa shape index (κ3) is 4.52. The van der Waals surface area contributed by atoms with Crippen LogP contribution in [0.2, 0.25) is 0 Å². The summed E-state index contributed by atoms with van der Waals surface area (Å²) in [5.74, 6) is 0. The molecule has 1 fully saturated rings. The van der Waals surface area contributed by atoms with Gasteiger partial charge in [0.2, 0.25) is 0 Å². The molecule has 1 heterocycles. The Hall–Kier alpha value is -2.59. The molecule has 0 atom stereocenters. The van der Waals surface area contributed by atoms with Crippen LogP contribution in [0.4, 0.5) is 4.79 Å². The topological polar surface area (TPSA) is 35.6 Å². The second-order valence-electron chi connectivity index (χ2n) is 6.92. The molecule has 3 rings (SSSR count). The van der Waals surface area contributed by atoms with Gasteiger partial charge in [-0.15, -0.1) is 0 Å². The second-order valence-corrected chi connectivity index (χ2v) is 6.92. The fourth-order valence-electron chi connectivity index (χ4n) is 3.37. The number of nitrogens with one attached hydrogen (secondary N) is 1. The summed E-state index contributed by atoms with van der Waals surface area (Å²) < 4.78 is 0. The monoisotopic (exact) mass is 349 g/mol. The van der Waals surface area contributed by atoms with E-state index in [2.05, 4.69) is 70.9 Å². The largest absolute Gasteiger partial charge is 0.322 e. The SMILES string of the molecule is CC(C)=CNC(=O)N1CCN(C(c2ccccc2)c2ccccc2)CC1. The van der Waals surface area contributed by atoms with Crippen LogP contribution in [0.15, 0.2) is 72.4 Å². The van der Waals surface area contributed by atoms with E-state index in [1.54, 1.807) is 6.20 Å². The molecule has 0 bridgehead atoms. The first-order chi connectivity index (χ1) is 12.6. The summed E-state index contributed by atoms with van der Waals surface area (Å²) in [4.78, 5) is 16.6. The first kappa shape index (κ1) is 18.2. The van der Waals surface area contributed by atoms with Crippen molar-refractivity contribution in [2.75, 3.05) is 26.2 Å². The lowest BCUT2D eigenvalue weighted by Crippen LogP contribution is -2.51. The summed E-state index contributed by atoms with van der Waals surface area (Å²) in [6.07, 6.45) is 1.77. The highest BCUT2D eigenvalue weighted by atomic mass is 16.2. The summed E-state index contributed by atoms with van der Waals surface area (Å²) in [5, 5.41) is 2.87. The lowest BCUT2D eigenvalue weighted by atomic mass is 9.96. The standard InChI is InChI=1S/C22H27N3O/c1-18(2)17-23-22(26)25-15-13-24(14-16-25)21(19-9-5-3-6-10-19)20-11-7-4-8-12-20/h3-12,17,21H,13-16H2,1-2H3,(H,23,26). The molecule has 26 heavy (non-hydrogen) atoms. The van der Waals surface area contributed by atoms with Crippen LogP contribution in [-0.4, -0.2) is 42.0 Å². The molecule has 1 saturated heterocycles. The van der Waals surface area contributed by atoms with E-state index in [1.807, 2.05) is 18.7 Å². The number of allylic oxidation sites excluding steroid dienone is 1. The highest BCUT2D eigenvalue weighted by Gasteiger charge is 2.27. The highest BCUT2D eigenvalue weighted by Crippen LogP contribution is 2.29. The maximum absolute atomic E-state index is 12.3. The van der Waals surface area contributed by atoms with Gasteiger partial charge >= 0.3 is 6.03 Å². The summed E-state index contributed by atoms with van der Waals surface area (Å²) in [6, 6.07) is 21.4. The van der Waals surface area contributed by atoms with Crippen molar-refractivity contribution in [2.24, 2.45) is 0 Å². The summed E-state index contributed by atoms with van der Waals surface area (Å²) in [6.45, 7) is 7.13. The molecule has 0 saturated carbocycles. The van der Waals surface area contributed by atoms with Gasteiger partial charge in [-0.25, -0.2) is 4.79 Å². The van der Waals surface area contributed by atoms with E-state index in [9.17, 15) is 4.79 Å². The lowest BCUT2D eigenvalue weighted by molar-refractivity contribution is 0.122.